The second-order valence-corrected chi connectivity index (χ2v) is 9.60. The van der Waals surface area contributed by atoms with Crippen molar-refractivity contribution in [1.82, 2.24) is 4.31 Å². The van der Waals surface area contributed by atoms with Crippen LogP contribution < -0.4 is 14.8 Å². The van der Waals surface area contributed by atoms with Crippen LogP contribution in [0.3, 0.4) is 0 Å². The lowest BCUT2D eigenvalue weighted by atomic mass is 10.1. The zero-order chi connectivity index (χ0) is 23.0. The van der Waals surface area contributed by atoms with E-state index in [1.165, 1.54) is 12.1 Å². The third-order valence-corrected chi connectivity index (χ3v) is 7.22. The highest BCUT2D eigenvalue weighted by molar-refractivity contribution is 7.89. The molecule has 1 saturated heterocycles. The number of methoxy groups -OCH3 is 1. The minimum absolute atomic E-state index is 0.203. The number of nitrogens with zero attached hydrogens (tertiary/aromatic N) is 1. The largest absolute Gasteiger partial charge is 0.493 e. The van der Waals surface area contributed by atoms with E-state index < -0.39 is 10.0 Å². The first kappa shape index (κ1) is 23.8. The Kier molecular flexibility index (Phi) is 8.30. The molecule has 0 saturated carbocycles. The lowest BCUT2D eigenvalue weighted by molar-refractivity contribution is -0.118. The Bertz CT molecular complexity index is 1030. The number of carbonyl (C=O) groups is 1. The number of hydrogen-bond donors (Lipinski definition) is 1. The van der Waals surface area contributed by atoms with E-state index in [9.17, 15) is 13.2 Å². The van der Waals surface area contributed by atoms with Gasteiger partial charge in [-0.1, -0.05) is 25.0 Å². The molecule has 0 atom stereocenters. The zero-order valence-corrected chi connectivity index (χ0v) is 19.2. The third-order valence-electron chi connectivity index (χ3n) is 5.31. The van der Waals surface area contributed by atoms with Crippen molar-refractivity contribution < 1.29 is 22.7 Å². The Labute approximate surface area is 190 Å². The number of ether oxygens (including phenoxy) is 2. The molecule has 0 aromatic heterocycles. The first-order valence-electron chi connectivity index (χ1n) is 10.7. The lowest BCUT2D eigenvalue weighted by Gasteiger charge is -2.20. The first-order valence-corrected chi connectivity index (χ1v) is 12.2. The van der Waals surface area contributed by atoms with Crippen LogP contribution in [0.2, 0.25) is 0 Å². The molecule has 3 rings (SSSR count). The molecule has 0 aliphatic carbocycles. The predicted molar refractivity (Wildman–Crippen MR) is 125 cm³/mol. The maximum Gasteiger partial charge on any atom is 0.262 e. The molecule has 1 N–H and O–H groups in total. The van der Waals surface area contributed by atoms with Crippen LogP contribution >= 0.6 is 0 Å². The molecule has 8 heteroatoms. The number of hydrogen-bond acceptors (Lipinski definition) is 5. The first-order chi connectivity index (χ1) is 15.4. The second kappa shape index (κ2) is 11.2. The molecule has 172 valence electrons. The van der Waals surface area contributed by atoms with Gasteiger partial charge in [0.25, 0.3) is 5.91 Å². The van der Waals surface area contributed by atoms with Crippen molar-refractivity contribution in [3.8, 4) is 11.5 Å². The molecule has 1 amide bonds. The van der Waals surface area contributed by atoms with E-state index in [0.717, 1.165) is 31.2 Å². The summed E-state index contributed by atoms with van der Waals surface area (Å²) in [5.74, 6) is 0.653. The summed E-state index contributed by atoms with van der Waals surface area (Å²) >= 11 is 0. The van der Waals surface area contributed by atoms with Crippen LogP contribution in [0.25, 0.3) is 0 Å². The fraction of sp³-hybridized carbons (Fsp3) is 0.375. The molecule has 2 aromatic carbocycles. The van der Waals surface area contributed by atoms with Gasteiger partial charge in [0.1, 0.15) is 0 Å². The molecule has 2 aromatic rings. The van der Waals surface area contributed by atoms with Crippen LogP contribution in [0.1, 0.15) is 31.2 Å². The minimum Gasteiger partial charge on any atom is -0.493 e. The van der Waals surface area contributed by atoms with Crippen LogP contribution in [0, 0.1) is 0 Å². The van der Waals surface area contributed by atoms with Crippen molar-refractivity contribution in [2.24, 2.45) is 0 Å². The number of allylic oxidation sites excluding steroid dienone is 1. The Balaban J connectivity index is 1.58. The number of benzene rings is 2. The summed E-state index contributed by atoms with van der Waals surface area (Å²) in [6.07, 6.45) is 6.39. The Morgan fingerprint density at radius 2 is 1.75 bits per heavy atom. The third kappa shape index (κ3) is 6.11. The number of amides is 1. The van der Waals surface area contributed by atoms with Gasteiger partial charge >= 0.3 is 0 Å². The summed E-state index contributed by atoms with van der Waals surface area (Å²) in [4.78, 5) is 12.5. The molecule has 0 bridgehead atoms. The van der Waals surface area contributed by atoms with E-state index in [2.05, 4.69) is 11.9 Å². The average Bonchev–Trinajstić information content (AvgIpc) is 3.09. The molecule has 32 heavy (non-hydrogen) atoms. The van der Waals surface area contributed by atoms with E-state index in [1.807, 2.05) is 12.1 Å². The smallest absolute Gasteiger partial charge is 0.262 e. The van der Waals surface area contributed by atoms with Gasteiger partial charge < -0.3 is 14.8 Å². The molecular formula is C24H30N2O5S. The maximum atomic E-state index is 12.9. The molecule has 1 aliphatic rings. The van der Waals surface area contributed by atoms with Crippen LogP contribution in [-0.4, -0.2) is 45.4 Å². The second-order valence-electron chi connectivity index (χ2n) is 7.66. The quantitative estimate of drug-likeness (QED) is 0.574. The fourth-order valence-electron chi connectivity index (χ4n) is 3.61. The van der Waals surface area contributed by atoms with Crippen molar-refractivity contribution in [2.45, 2.75) is 37.0 Å². The van der Waals surface area contributed by atoms with Crippen LogP contribution in [-0.2, 0) is 21.2 Å². The number of rotatable bonds is 9. The summed E-state index contributed by atoms with van der Waals surface area (Å²) in [6.45, 7) is 4.62. The van der Waals surface area contributed by atoms with Gasteiger partial charge in [0.2, 0.25) is 10.0 Å². The van der Waals surface area contributed by atoms with Gasteiger partial charge in [-0.05, 0) is 61.2 Å². The maximum absolute atomic E-state index is 12.9. The van der Waals surface area contributed by atoms with Crippen LogP contribution in [0.15, 0.2) is 60.0 Å². The van der Waals surface area contributed by atoms with E-state index in [0.29, 0.717) is 36.7 Å². The van der Waals surface area contributed by atoms with Crippen molar-refractivity contribution in [3.05, 3.63) is 60.7 Å². The highest BCUT2D eigenvalue weighted by Crippen LogP contribution is 2.28. The molecule has 7 nitrogen and oxygen atoms in total. The number of sulfonamides is 1. The van der Waals surface area contributed by atoms with Crippen LogP contribution in [0.4, 0.5) is 5.69 Å². The monoisotopic (exact) mass is 458 g/mol. The molecule has 1 aliphatic heterocycles. The summed E-state index contributed by atoms with van der Waals surface area (Å²) in [5.41, 5.74) is 1.53. The van der Waals surface area contributed by atoms with Gasteiger partial charge in [-0.3, -0.25) is 4.79 Å². The summed E-state index contributed by atoms with van der Waals surface area (Å²) < 4.78 is 38.2. The SMILES string of the molecule is C=CCc1ccc(OCC(=O)Nc2ccc(S(=O)(=O)N3CCCCCC3)cc2)c(OC)c1. The van der Waals surface area contributed by atoms with Gasteiger partial charge in [0, 0.05) is 18.8 Å². The molecule has 0 radical (unpaired) electrons. The predicted octanol–water partition coefficient (Wildman–Crippen LogP) is 4.01. The Hall–Kier alpha value is -2.84. The molecule has 1 fully saturated rings. The van der Waals surface area contributed by atoms with E-state index in [4.69, 9.17) is 9.47 Å². The van der Waals surface area contributed by atoms with Crippen molar-refractivity contribution in [1.29, 1.82) is 0 Å². The normalized spacial score (nSPS) is 14.9. The molecule has 1 heterocycles. The van der Waals surface area contributed by atoms with Crippen molar-refractivity contribution in [3.63, 3.8) is 0 Å². The topological polar surface area (TPSA) is 84.9 Å². The van der Waals surface area contributed by atoms with Gasteiger partial charge in [-0.15, -0.1) is 6.58 Å². The molecule has 0 unspecified atom stereocenters. The Morgan fingerprint density at radius 3 is 2.38 bits per heavy atom. The van der Waals surface area contributed by atoms with Crippen molar-refractivity contribution >= 4 is 21.6 Å². The highest BCUT2D eigenvalue weighted by Gasteiger charge is 2.25. The summed E-state index contributed by atoms with van der Waals surface area (Å²) in [5, 5.41) is 2.72. The highest BCUT2D eigenvalue weighted by atomic mass is 32.2. The average molecular weight is 459 g/mol. The van der Waals surface area contributed by atoms with E-state index in [1.54, 1.807) is 35.7 Å². The van der Waals surface area contributed by atoms with Gasteiger partial charge in [0.15, 0.2) is 18.1 Å². The Morgan fingerprint density at radius 1 is 1.06 bits per heavy atom. The van der Waals surface area contributed by atoms with E-state index >= 15 is 0 Å². The zero-order valence-electron chi connectivity index (χ0n) is 18.4. The lowest BCUT2D eigenvalue weighted by Crippen LogP contribution is -2.31. The number of nitrogens with one attached hydrogen (secondary N) is 1. The molecular weight excluding hydrogens is 428 g/mol. The van der Waals surface area contributed by atoms with Crippen molar-refractivity contribution in [2.75, 3.05) is 32.1 Å². The fourth-order valence-corrected chi connectivity index (χ4v) is 5.12. The van der Waals surface area contributed by atoms with E-state index in [-0.39, 0.29) is 17.4 Å². The number of carbonyl (C=O) groups excluding carboxylic acids is 1. The van der Waals surface area contributed by atoms with Crippen LogP contribution in [0.5, 0.6) is 11.5 Å². The van der Waals surface area contributed by atoms with Gasteiger partial charge in [0.05, 0.1) is 12.0 Å². The summed E-state index contributed by atoms with van der Waals surface area (Å²) in [7, 11) is -1.97. The molecule has 0 spiro atoms. The summed E-state index contributed by atoms with van der Waals surface area (Å²) in [6, 6.07) is 11.7. The standard InChI is InChI=1S/C24H30N2O5S/c1-3-8-19-9-14-22(23(17-19)30-2)31-18-24(27)25-20-10-12-21(13-11-20)32(28,29)26-15-6-4-5-7-16-26/h3,9-14,17H,1,4-8,15-16,18H2,2H3,(H,25,27). The van der Waals surface area contributed by atoms with Gasteiger partial charge in [-0.2, -0.15) is 4.31 Å². The number of anilines is 1. The minimum atomic E-state index is -3.52. The van der Waals surface area contributed by atoms with Gasteiger partial charge in [-0.25, -0.2) is 8.42 Å².